The van der Waals surface area contributed by atoms with Crippen molar-refractivity contribution in [2.75, 3.05) is 23.7 Å². The van der Waals surface area contributed by atoms with E-state index in [0.717, 1.165) is 21.7 Å². The summed E-state index contributed by atoms with van der Waals surface area (Å²) in [7, 11) is -3.87. The fourth-order valence-electron chi connectivity index (χ4n) is 5.91. The van der Waals surface area contributed by atoms with E-state index in [0.29, 0.717) is 11.4 Å². The van der Waals surface area contributed by atoms with E-state index in [9.17, 15) is 27.6 Å². The summed E-state index contributed by atoms with van der Waals surface area (Å²) in [4.78, 5) is 56.2. The summed E-state index contributed by atoms with van der Waals surface area (Å²) in [5.41, 5.74) is 2.43. The molecule has 47 heavy (non-hydrogen) atoms. The summed E-state index contributed by atoms with van der Waals surface area (Å²) in [6, 6.07) is 12.6. The average Bonchev–Trinajstić information content (AvgIpc) is 3.68. The van der Waals surface area contributed by atoms with Crippen LogP contribution in [0.5, 0.6) is 0 Å². The van der Waals surface area contributed by atoms with Crippen LogP contribution < -0.4 is 20.3 Å². The molecule has 5 rings (SSSR count). The lowest BCUT2D eigenvalue weighted by atomic mass is 10.00. The normalized spacial score (nSPS) is 22.1. The van der Waals surface area contributed by atoms with E-state index in [-0.39, 0.29) is 31.8 Å². The van der Waals surface area contributed by atoms with Crippen molar-refractivity contribution in [1.29, 1.82) is 0 Å². The van der Waals surface area contributed by atoms with Crippen LogP contribution in [0.15, 0.2) is 60.8 Å². The number of nitrogens with zero attached hydrogens (tertiary/aromatic N) is 5. The number of aromatic nitrogens is 3. The van der Waals surface area contributed by atoms with Crippen molar-refractivity contribution in [3.05, 3.63) is 77.6 Å². The van der Waals surface area contributed by atoms with Gasteiger partial charge in [0.2, 0.25) is 33.7 Å². The summed E-state index contributed by atoms with van der Waals surface area (Å²) in [6.45, 7) is 4.93. The molecule has 2 aliphatic heterocycles. The second-order valence-corrected chi connectivity index (χ2v) is 14.4. The molecule has 2 aliphatic rings. The third-order valence-corrected chi connectivity index (χ3v) is 9.55. The van der Waals surface area contributed by atoms with Gasteiger partial charge in [0.15, 0.2) is 0 Å². The van der Waals surface area contributed by atoms with Crippen molar-refractivity contribution in [3.8, 4) is 0 Å². The number of hydrogen-bond acceptors (Lipinski definition) is 8. The molecule has 4 bridgehead atoms. The number of sulfonamides is 1. The quantitative estimate of drug-likeness (QED) is 0.331. The second kappa shape index (κ2) is 13.9. The summed E-state index contributed by atoms with van der Waals surface area (Å²) in [5, 5.41) is 16.9. The van der Waals surface area contributed by atoms with Gasteiger partial charge in [-0.1, -0.05) is 61.5 Å². The highest BCUT2D eigenvalue weighted by molar-refractivity contribution is 7.92. The van der Waals surface area contributed by atoms with Gasteiger partial charge in [0, 0.05) is 19.4 Å². The van der Waals surface area contributed by atoms with Gasteiger partial charge in [-0.15, -0.1) is 5.10 Å². The maximum absolute atomic E-state index is 13.9. The predicted molar refractivity (Wildman–Crippen MR) is 173 cm³/mol. The van der Waals surface area contributed by atoms with Crippen LogP contribution in [0.2, 0.25) is 0 Å². The lowest BCUT2D eigenvalue weighted by molar-refractivity contribution is -0.139. The first kappa shape index (κ1) is 33.6. The van der Waals surface area contributed by atoms with Crippen LogP contribution in [0.3, 0.4) is 0 Å². The number of rotatable bonds is 7. The molecule has 0 saturated carbocycles. The molecule has 250 valence electrons. The number of hydrogen-bond donors (Lipinski definition) is 3. The van der Waals surface area contributed by atoms with Crippen LogP contribution in [-0.2, 0) is 42.2 Å². The molecule has 14 nitrogen and oxygen atoms in total. The average molecular weight is 665 g/mol. The van der Waals surface area contributed by atoms with Crippen molar-refractivity contribution < 1.29 is 27.6 Å². The van der Waals surface area contributed by atoms with Gasteiger partial charge in [0.25, 0.3) is 0 Å². The fraction of sp³-hybridized carbons (Fsp3) is 0.438. The Morgan fingerprint density at radius 1 is 1.02 bits per heavy atom. The van der Waals surface area contributed by atoms with Gasteiger partial charge < -0.3 is 20.9 Å². The monoisotopic (exact) mass is 664 g/mol. The van der Waals surface area contributed by atoms with Gasteiger partial charge in [0.1, 0.15) is 30.4 Å². The molecule has 15 heteroatoms. The minimum Gasteiger partial charge on any atom is -0.349 e. The molecule has 3 heterocycles. The number of carbonyl (C=O) groups excluding carboxylic acids is 4. The first-order valence-corrected chi connectivity index (χ1v) is 17.3. The van der Waals surface area contributed by atoms with Crippen molar-refractivity contribution in [1.82, 2.24) is 35.8 Å². The third kappa shape index (κ3) is 7.96. The molecule has 0 unspecified atom stereocenters. The SMILES string of the molecule is Cc1cccc(N(CC(=O)N2C[C@@H]3C[C@H]2C(=O)N[C@@H](C(C)C)C(=O)N[C@H](Cc2ccccc2)C(=O)NCc2cn3nn2)S(C)(=O)=O)c1. The summed E-state index contributed by atoms with van der Waals surface area (Å²) >= 11 is 0. The highest BCUT2D eigenvalue weighted by atomic mass is 32.2. The molecule has 2 aromatic carbocycles. The highest BCUT2D eigenvalue weighted by Gasteiger charge is 2.43. The molecule has 1 fully saturated rings. The second-order valence-electron chi connectivity index (χ2n) is 12.4. The zero-order chi connectivity index (χ0) is 33.9. The molecule has 1 aromatic heterocycles. The van der Waals surface area contributed by atoms with E-state index in [1.807, 2.05) is 43.3 Å². The van der Waals surface area contributed by atoms with E-state index in [1.54, 1.807) is 42.9 Å². The largest absolute Gasteiger partial charge is 0.349 e. The molecule has 3 N–H and O–H groups in total. The van der Waals surface area contributed by atoms with Crippen LogP contribution in [-0.4, -0.2) is 89.4 Å². The first-order chi connectivity index (χ1) is 22.3. The number of carbonyl (C=O) groups is 4. The Kier molecular flexibility index (Phi) is 9.94. The standard InChI is InChI=1S/C32H40N8O6S/c1-20(2)29-32(44)34-26(14-22-10-6-5-7-11-22)30(42)33-16-23-17-39(37-36-23)25-15-27(31(43)35-29)38(18-25)28(41)19-40(47(4,45)46)24-12-8-9-21(3)13-24/h5-13,17,20,25-27,29H,14-16,18-19H2,1-4H3,(H,33,42)(H,34,44)(H,35,43)/t25-,26+,27-,29-/m0/s1. The molecule has 0 spiro atoms. The van der Waals surface area contributed by atoms with Crippen LogP contribution in [0, 0.1) is 12.8 Å². The number of amides is 4. The maximum Gasteiger partial charge on any atom is 0.244 e. The number of likely N-dealkylation sites (tertiary alicyclic amines) is 1. The molecule has 3 aromatic rings. The number of aryl methyl sites for hydroxylation is 1. The van der Waals surface area contributed by atoms with E-state index in [4.69, 9.17) is 0 Å². The summed E-state index contributed by atoms with van der Waals surface area (Å²) < 4.78 is 28.2. The van der Waals surface area contributed by atoms with Crippen LogP contribution in [0.4, 0.5) is 5.69 Å². The lowest BCUT2D eigenvalue weighted by Crippen LogP contribution is -2.58. The van der Waals surface area contributed by atoms with Crippen LogP contribution in [0.25, 0.3) is 0 Å². The van der Waals surface area contributed by atoms with E-state index < -0.39 is 64.4 Å². The Labute approximate surface area is 273 Å². The Hall–Kier alpha value is -4.79. The topological polar surface area (TPSA) is 176 Å². The Morgan fingerprint density at radius 2 is 1.77 bits per heavy atom. The van der Waals surface area contributed by atoms with Crippen LogP contribution in [0.1, 0.15) is 43.1 Å². The molecule has 4 amide bonds. The Morgan fingerprint density at radius 3 is 2.45 bits per heavy atom. The Bertz CT molecular complexity index is 1740. The fourth-order valence-corrected chi connectivity index (χ4v) is 6.75. The molecular formula is C32H40N8O6S. The zero-order valence-corrected chi connectivity index (χ0v) is 27.6. The van der Waals surface area contributed by atoms with Gasteiger partial charge in [-0.2, -0.15) is 0 Å². The van der Waals surface area contributed by atoms with Gasteiger partial charge in [-0.25, -0.2) is 13.1 Å². The van der Waals surface area contributed by atoms with E-state index >= 15 is 0 Å². The molecule has 1 saturated heterocycles. The number of anilines is 1. The van der Waals surface area contributed by atoms with Crippen molar-refractivity contribution in [2.24, 2.45) is 5.92 Å². The minimum atomic E-state index is -3.87. The number of nitrogens with one attached hydrogen (secondary N) is 3. The lowest BCUT2D eigenvalue weighted by Gasteiger charge is -2.30. The third-order valence-electron chi connectivity index (χ3n) is 8.41. The maximum atomic E-state index is 13.9. The molecule has 0 aliphatic carbocycles. The predicted octanol–water partition coefficient (Wildman–Crippen LogP) is 0.693. The van der Waals surface area contributed by atoms with Gasteiger partial charge >= 0.3 is 0 Å². The highest BCUT2D eigenvalue weighted by Crippen LogP contribution is 2.29. The summed E-state index contributed by atoms with van der Waals surface area (Å²) in [5.74, 6) is -2.48. The molecule has 0 radical (unpaired) electrons. The molecule has 4 atom stereocenters. The summed E-state index contributed by atoms with van der Waals surface area (Å²) in [6.07, 6.45) is 3.04. The van der Waals surface area contributed by atoms with E-state index in [2.05, 4.69) is 26.3 Å². The van der Waals surface area contributed by atoms with Crippen LogP contribution >= 0.6 is 0 Å². The van der Waals surface area contributed by atoms with E-state index in [1.165, 1.54) is 4.90 Å². The first-order valence-electron chi connectivity index (χ1n) is 15.5. The number of fused-ring (bicyclic) bond motifs is 5. The zero-order valence-electron chi connectivity index (χ0n) is 26.8. The van der Waals surface area contributed by atoms with Crippen molar-refractivity contribution >= 4 is 39.3 Å². The Balaban J connectivity index is 1.46. The number of benzene rings is 2. The molecular weight excluding hydrogens is 624 g/mol. The minimum absolute atomic E-state index is 0.0450. The smallest absolute Gasteiger partial charge is 0.244 e. The van der Waals surface area contributed by atoms with Gasteiger partial charge in [-0.3, -0.25) is 23.5 Å². The van der Waals surface area contributed by atoms with Crippen molar-refractivity contribution in [2.45, 2.75) is 64.3 Å². The van der Waals surface area contributed by atoms with Gasteiger partial charge in [0.05, 0.1) is 30.7 Å². The van der Waals surface area contributed by atoms with Gasteiger partial charge in [-0.05, 0) is 36.1 Å². The van der Waals surface area contributed by atoms with Crippen molar-refractivity contribution in [3.63, 3.8) is 0 Å².